The number of thiazole rings is 1. The fourth-order valence-electron chi connectivity index (χ4n) is 0.874. The van der Waals surface area contributed by atoms with E-state index >= 15 is 0 Å². The molecular formula is C7H8N4OS2. The number of hydrogen-bond donors (Lipinski definition) is 1. The third-order valence-electron chi connectivity index (χ3n) is 1.42. The number of thioether (sulfide) groups is 1. The van der Waals surface area contributed by atoms with Gasteiger partial charge < -0.3 is 10.3 Å². The molecule has 2 aromatic rings. The number of hydrogen-bond acceptors (Lipinski definition) is 7. The van der Waals surface area contributed by atoms with E-state index < -0.39 is 0 Å². The molecule has 0 aliphatic heterocycles. The highest BCUT2D eigenvalue weighted by molar-refractivity contribution is 8.00. The van der Waals surface area contributed by atoms with Crippen molar-refractivity contribution in [2.75, 3.05) is 5.73 Å². The van der Waals surface area contributed by atoms with Crippen LogP contribution in [0.15, 0.2) is 14.9 Å². The Morgan fingerprint density at radius 2 is 2.50 bits per heavy atom. The van der Waals surface area contributed by atoms with E-state index in [2.05, 4.69) is 15.1 Å². The molecule has 0 radical (unpaired) electrons. The molecule has 0 saturated carbocycles. The highest BCUT2D eigenvalue weighted by Gasteiger charge is 2.04. The molecule has 0 saturated heterocycles. The van der Waals surface area contributed by atoms with Gasteiger partial charge in [-0.2, -0.15) is 4.98 Å². The third kappa shape index (κ3) is 2.24. The van der Waals surface area contributed by atoms with Gasteiger partial charge in [-0.1, -0.05) is 16.5 Å². The van der Waals surface area contributed by atoms with Crippen LogP contribution in [0, 0.1) is 6.92 Å². The zero-order chi connectivity index (χ0) is 9.97. The Morgan fingerprint density at radius 1 is 1.64 bits per heavy atom. The maximum Gasteiger partial charge on any atom is 0.223 e. The van der Waals surface area contributed by atoms with Crippen molar-refractivity contribution in [1.29, 1.82) is 0 Å². The first-order valence-electron chi connectivity index (χ1n) is 3.87. The highest BCUT2D eigenvalue weighted by atomic mass is 32.2. The lowest BCUT2D eigenvalue weighted by Crippen LogP contribution is -1.82. The summed E-state index contributed by atoms with van der Waals surface area (Å²) >= 11 is 3.06. The summed E-state index contributed by atoms with van der Waals surface area (Å²) in [6.07, 6.45) is 1.75. The van der Waals surface area contributed by atoms with Crippen LogP contribution in [0.1, 0.15) is 11.7 Å². The second kappa shape index (κ2) is 3.97. The minimum Gasteiger partial charge on any atom is -0.375 e. The molecule has 0 unspecified atom stereocenters. The van der Waals surface area contributed by atoms with Crippen LogP contribution >= 0.6 is 23.1 Å². The Bertz CT molecular complexity index is 385. The first kappa shape index (κ1) is 9.47. The summed E-state index contributed by atoms with van der Waals surface area (Å²) in [4.78, 5) is 8.03. The molecule has 0 bridgehead atoms. The minimum atomic E-state index is 0.580. The minimum absolute atomic E-state index is 0.580. The molecule has 0 aliphatic carbocycles. The molecule has 0 aromatic carbocycles. The molecule has 2 N–H and O–H groups in total. The van der Waals surface area contributed by atoms with Crippen LogP contribution in [0.25, 0.3) is 0 Å². The van der Waals surface area contributed by atoms with Gasteiger partial charge in [-0.05, 0) is 0 Å². The first-order chi connectivity index (χ1) is 6.74. The van der Waals surface area contributed by atoms with Crippen LogP contribution in [0.2, 0.25) is 0 Å². The van der Waals surface area contributed by atoms with Crippen molar-refractivity contribution in [3.8, 4) is 0 Å². The summed E-state index contributed by atoms with van der Waals surface area (Å²) in [6, 6.07) is 0. The standard InChI is InChI=1S/C7H8N4OS2/c1-4-10-5(11-12-4)3-13-6-2-9-7(8)14-6/h2H,3H2,1H3,(H2,8,9). The van der Waals surface area contributed by atoms with Crippen molar-refractivity contribution in [3.63, 3.8) is 0 Å². The Kier molecular flexibility index (Phi) is 2.69. The highest BCUT2D eigenvalue weighted by Crippen LogP contribution is 2.28. The topological polar surface area (TPSA) is 77.8 Å². The summed E-state index contributed by atoms with van der Waals surface area (Å²) in [7, 11) is 0. The molecule has 5 nitrogen and oxygen atoms in total. The quantitative estimate of drug-likeness (QED) is 0.806. The number of nitrogen functional groups attached to an aromatic ring is 1. The van der Waals surface area contributed by atoms with Crippen LogP contribution < -0.4 is 5.73 Å². The maximum absolute atomic E-state index is 5.50. The molecule has 0 atom stereocenters. The predicted molar refractivity (Wildman–Crippen MR) is 55.1 cm³/mol. The van der Waals surface area contributed by atoms with Crippen molar-refractivity contribution in [1.82, 2.24) is 15.1 Å². The van der Waals surface area contributed by atoms with Crippen molar-refractivity contribution in [2.45, 2.75) is 16.9 Å². The molecule has 14 heavy (non-hydrogen) atoms. The smallest absolute Gasteiger partial charge is 0.223 e. The zero-order valence-electron chi connectivity index (χ0n) is 7.43. The maximum atomic E-state index is 5.50. The molecule has 7 heteroatoms. The number of anilines is 1. The Labute approximate surface area is 88.7 Å². The summed E-state index contributed by atoms with van der Waals surface area (Å²) in [5.74, 6) is 1.96. The largest absolute Gasteiger partial charge is 0.375 e. The van der Waals surface area contributed by atoms with E-state index in [1.165, 1.54) is 11.3 Å². The molecular weight excluding hydrogens is 220 g/mol. The fraction of sp³-hybridized carbons (Fsp3) is 0.286. The van der Waals surface area contributed by atoms with Gasteiger partial charge in [-0.25, -0.2) is 4.98 Å². The van der Waals surface area contributed by atoms with Crippen LogP contribution in [0.4, 0.5) is 5.13 Å². The second-order valence-electron chi connectivity index (χ2n) is 2.54. The average molecular weight is 228 g/mol. The van der Waals surface area contributed by atoms with Crippen molar-refractivity contribution in [2.24, 2.45) is 0 Å². The van der Waals surface area contributed by atoms with Gasteiger partial charge in [-0.15, -0.1) is 11.8 Å². The fourth-order valence-corrected chi connectivity index (χ4v) is 2.48. The van der Waals surface area contributed by atoms with Gasteiger partial charge in [0.05, 0.1) is 16.2 Å². The van der Waals surface area contributed by atoms with E-state index in [-0.39, 0.29) is 0 Å². The number of aromatic nitrogens is 3. The van der Waals surface area contributed by atoms with Gasteiger partial charge in [0.25, 0.3) is 0 Å². The molecule has 2 rings (SSSR count). The Morgan fingerprint density at radius 3 is 3.07 bits per heavy atom. The molecule has 74 valence electrons. The van der Waals surface area contributed by atoms with Crippen molar-refractivity contribution < 1.29 is 4.52 Å². The zero-order valence-corrected chi connectivity index (χ0v) is 9.06. The van der Waals surface area contributed by atoms with Crippen LogP contribution in [-0.2, 0) is 5.75 Å². The van der Waals surface area contributed by atoms with E-state index in [9.17, 15) is 0 Å². The van der Waals surface area contributed by atoms with Gasteiger partial charge >= 0.3 is 0 Å². The number of aryl methyl sites for hydroxylation is 1. The van der Waals surface area contributed by atoms with Gasteiger partial charge in [0, 0.05) is 6.92 Å². The van der Waals surface area contributed by atoms with E-state index in [0.29, 0.717) is 22.6 Å². The lowest BCUT2D eigenvalue weighted by atomic mass is 10.7. The predicted octanol–water partition coefficient (Wildman–Crippen LogP) is 1.71. The summed E-state index contributed by atoms with van der Waals surface area (Å²) < 4.78 is 5.91. The molecule has 2 aromatic heterocycles. The number of nitrogens with zero attached hydrogens (tertiary/aromatic N) is 3. The first-order valence-corrected chi connectivity index (χ1v) is 5.67. The van der Waals surface area contributed by atoms with Crippen molar-refractivity contribution >= 4 is 28.2 Å². The van der Waals surface area contributed by atoms with Crippen LogP contribution in [0.3, 0.4) is 0 Å². The SMILES string of the molecule is Cc1nc(CSc2cnc(N)s2)no1. The second-order valence-corrected chi connectivity index (χ2v) is 4.87. The molecule has 0 aliphatic rings. The molecule has 0 fully saturated rings. The average Bonchev–Trinajstić information content (AvgIpc) is 2.72. The summed E-state index contributed by atoms with van der Waals surface area (Å²) in [5.41, 5.74) is 5.50. The number of rotatable bonds is 3. The van der Waals surface area contributed by atoms with E-state index in [1.54, 1.807) is 24.9 Å². The summed E-state index contributed by atoms with van der Waals surface area (Å²) in [6.45, 7) is 1.77. The molecule has 0 amide bonds. The van der Waals surface area contributed by atoms with Crippen LogP contribution in [-0.4, -0.2) is 15.1 Å². The lowest BCUT2D eigenvalue weighted by molar-refractivity contribution is 0.389. The van der Waals surface area contributed by atoms with E-state index in [4.69, 9.17) is 10.3 Å². The van der Waals surface area contributed by atoms with Crippen LogP contribution in [0.5, 0.6) is 0 Å². The van der Waals surface area contributed by atoms with Gasteiger partial charge in [0.1, 0.15) is 0 Å². The van der Waals surface area contributed by atoms with E-state index in [0.717, 1.165) is 4.21 Å². The lowest BCUT2D eigenvalue weighted by Gasteiger charge is -1.89. The Balaban J connectivity index is 1.94. The van der Waals surface area contributed by atoms with Crippen molar-refractivity contribution in [3.05, 3.63) is 17.9 Å². The summed E-state index contributed by atoms with van der Waals surface area (Å²) in [5, 5.41) is 4.36. The van der Waals surface area contributed by atoms with Gasteiger partial charge in [0.15, 0.2) is 11.0 Å². The van der Waals surface area contributed by atoms with Gasteiger partial charge in [-0.3, -0.25) is 0 Å². The van der Waals surface area contributed by atoms with Gasteiger partial charge in [0.2, 0.25) is 5.89 Å². The Hall–Kier alpha value is -1.08. The monoisotopic (exact) mass is 228 g/mol. The third-order valence-corrected chi connectivity index (χ3v) is 3.43. The normalized spacial score (nSPS) is 10.6. The number of nitrogens with two attached hydrogens (primary N) is 1. The molecule has 2 heterocycles. The molecule has 0 spiro atoms. The van der Waals surface area contributed by atoms with E-state index in [1.807, 2.05) is 0 Å².